The van der Waals surface area contributed by atoms with Crippen LogP contribution in [-0.2, 0) is 23.9 Å². The molecule has 0 radical (unpaired) electrons. The Labute approximate surface area is 87.2 Å². The smallest absolute Gasteiger partial charge is 0.320 e. The summed E-state index contributed by atoms with van der Waals surface area (Å²) in [5.41, 5.74) is 0. The van der Waals surface area contributed by atoms with Crippen molar-refractivity contribution < 1.29 is 29.0 Å². The first-order valence-corrected chi connectivity index (χ1v) is 4.56. The quantitative estimate of drug-likeness (QED) is 0.413. The second-order valence-electron chi connectivity index (χ2n) is 2.63. The molecule has 0 amide bonds. The fraction of sp³-hybridized carbons (Fsp3) is 0.667. The van der Waals surface area contributed by atoms with Gasteiger partial charge in [-0.1, -0.05) is 0 Å². The van der Waals surface area contributed by atoms with Crippen molar-refractivity contribution in [2.75, 3.05) is 13.2 Å². The topological polar surface area (TPSA) is 92.7 Å². The number of rotatable bonds is 6. The molecule has 0 aromatic heterocycles. The van der Waals surface area contributed by atoms with E-state index in [1.54, 1.807) is 13.8 Å². The monoisotopic (exact) mass is 217 g/mol. The van der Waals surface area contributed by atoms with Gasteiger partial charge in [0, 0.05) is 12.4 Å². The van der Waals surface area contributed by atoms with Gasteiger partial charge in [-0.15, -0.1) is 0 Å². The highest BCUT2D eigenvalue weighted by Gasteiger charge is 2.29. The third-order valence-electron chi connectivity index (χ3n) is 1.51. The van der Waals surface area contributed by atoms with Crippen molar-refractivity contribution in [3.05, 3.63) is 0 Å². The second kappa shape index (κ2) is 6.80. The van der Waals surface area contributed by atoms with Gasteiger partial charge in [0.2, 0.25) is 0 Å². The van der Waals surface area contributed by atoms with Gasteiger partial charge < -0.3 is 19.4 Å². The van der Waals surface area contributed by atoms with E-state index in [-0.39, 0.29) is 13.2 Å². The lowest BCUT2D eigenvalue weighted by atomic mass is 10.1. The number of aliphatic carboxylic acids is 1. The number of hydrogen-bond donors (Lipinski definition) is 0. The number of carbonyl (C=O) groups excluding carboxylic acids is 3. The minimum atomic E-state index is -1.50. The maximum absolute atomic E-state index is 11.2. The van der Waals surface area contributed by atoms with E-state index < -0.39 is 30.2 Å². The molecule has 6 heteroatoms. The Balaban J connectivity index is 4.49. The molecule has 0 saturated heterocycles. The van der Waals surface area contributed by atoms with Crippen molar-refractivity contribution in [3.63, 3.8) is 0 Å². The zero-order valence-corrected chi connectivity index (χ0v) is 8.65. The summed E-state index contributed by atoms with van der Waals surface area (Å²) in [5, 5.41) is 10.3. The molecule has 0 spiro atoms. The van der Waals surface area contributed by atoms with Crippen LogP contribution in [-0.4, -0.2) is 31.1 Å². The van der Waals surface area contributed by atoms with Crippen molar-refractivity contribution >= 4 is 17.9 Å². The molecule has 6 nitrogen and oxygen atoms in total. The van der Waals surface area contributed by atoms with E-state index in [2.05, 4.69) is 9.47 Å². The van der Waals surface area contributed by atoms with Crippen molar-refractivity contribution in [3.8, 4) is 0 Å². The number of esters is 2. The van der Waals surface area contributed by atoms with Crippen LogP contribution < -0.4 is 5.11 Å². The number of carbonyl (C=O) groups is 3. The normalized spacial score (nSPS) is 9.80. The Bertz CT molecular complexity index is 229. The molecule has 0 aliphatic carbocycles. The van der Waals surface area contributed by atoms with Crippen LogP contribution in [0.15, 0.2) is 0 Å². The molecule has 0 aliphatic heterocycles. The Morgan fingerprint density at radius 3 is 1.73 bits per heavy atom. The van der Waals surface area contributed by atoms with E-state index in [0.29, 0.717) is 0 Å². The number of ether oxygens (including phenoxy) is 2. The van der Waals surface area contributed by atoms with Crippen LogP contribution in [0.4, 0.5) is 0 Å². The third-order valence-corrected chi connectivity index (χ3v) is 1.51. The second-order valence-corrected chi connectivity index (χ2v) is 2.63. The molecule has 86 valence electrons. The fourth-order valence-corrected chi connectivity index (χ4v) is 0.915. The minimum absolute atomic E-state index is 0.0712. The van der Waals surface area contributed by atoms with Crippen LogP contribution in [0.5, 0.6) is 0 Å². The van der Waals surface area contributed by atoms with Gasteiger partial charge in [-0.05, 0) is 13.8 Å². The highest BCUT2D eigenvalue weighted by Crippen LogP contribution is 2.08. The van der Waals surface area contributed by atoms with Crippen LogP contribution in [0.25, 0.3) is 0 Å². The summed E-state index contributed by atoms with van der Waals surface area (Å²) in [4.78, 5) is 32.7. The third kappa shape index (κ3) is 4.99. The lowest BCUT2D eigenvalue weighted by Gasteiger charge is -2.14. The van der Waals surface area contributed by atoms with Crippen molar-refractivity contribution in [1.82, 2.24) is 0 Å². The number of hydrogen-bond acceptors (Lipinski definition) is 6. The molecule has 0 saturated carbocycles. The van der Waals surface area contributed by atoms with Gasteiger partial charge in [-0.25, -0.2) is 0 Å². The van der Waals surface area contributed by atoms with Crippen molar-refractivity contribution in [2.24, 2.45) is 5.92 Å². The predicted molar refractivity (Wildman–Crippen MR) is 46.4 cm³/mol. The van der Waals surface area contributed by atoms with E-state index in [9.17, 15) is 19.5 Å². The van der Waals surface area contributed by atoms with Gasteiger partial charge in [0.1, 0.15) is 0 Å². The molecule has 15 heavy (non-hydrogen) atoms. The highest BCUT2D eigenvalue weighted by molar-refractivity contribution is 5.97. The highest BCUT2D eigenvalue weighted by atomic mass is 16.6. The first-order chi connectivity index (χ1) is 7.02. The minimum Gasteiger partial charge on any atom is -0.550 e. The largest absolute Gasteiger partial charge is 0.550 e. The maximum atomic E-state index is 11.2. The molecule has 0 fully saturated rings. The van der Waals surface area contributed by atoms with Crippen LogP contribution in [0.1, 0.15) is 20.3 Å². The van der Waals surface area contributed by atoms with Crippen LogP contribution >= 0.6 is 0 Å². The standard InChI is InChI=1S/C9H14O6/c1-3-14-8(12)6(5-7(10)11)9(13)15-4-2/h6H,3-5H2,1-2H3,(H,10,11)/p-1. The van der Waals surface area contributed by atoms with Gasteiger partial charge in [0.25, 0.3) is 0 Å². The first-order valence-electron chi connectivity index (χ1n) is 4.56. The molecule has 0 atom stereocenters. The Hall–Kier alpha value is -1.59. The molecule has 0 aliphatic rings. The van der Waals surface area contributed by atoms with Crippen molar-refractivity contribution in [1.29, 1.82) is 0 Å². The van der Waals surface area contributed by atoms with Crippen molar-refractivity contribution in [2.45, 2.75) is 20.3 Å². The average Bonchev–Trinajstić information content (AvgIpc) is 2.14. The summed E-state index contributed by atoms with van der Waals surface area (Å²) < 4.78 is 9.08. The fourth-order valence-electron chi connectivity index (χ4n) is 0.915. The summed E-state index contributed by atoms with van der Waals surface area (Å²) in [6.07, 6.45) is -0.725. The van der Waals surface area contributed by atoms with E-state index in [1.807, 2.05) is 0 Å². The molecule has 0 heterocycles. The zero-order valence-electron chi connectivity index (χ0n) is 8.65. The van der Waals surface area contributed by atoms with Gasteiger partial charge in [-0.2, -0.15) is 0 Å². The van der Waals surface area contributed by atoms with E-state index in [1.165, 1.54) is 0 Å². The molecule has 0 aromatic rings. The molecule has 0 bridgehead atoms. The summed E-state index contributed by atoms with van der Waals surface area (Å²) in [5.74, 6) is -4.74. The van der Waals surface area contributed by atoms with E-state index >= 15 is 0 Å². The molecule has 0 unspecified atom stereocenters. The Kier molecular flexibility index (Phi) is 6.08. The average molecular weight is 217 g/mol. The summed E-state index contributed by atoms with van der Waals surface area (Å²) in [6, 6.07) is 0. The Morgan fingerprint density at radius 2 is 1.47 bits per heavy atom. The maximum Gasteiger partial charge on any atom is 0.320 e. The van der Waals surface area contributed by atoms with E-state index in [0.717, 1.165) is 0 Å². The molecular weight excluding hydrogens is 204 g/mol. The summed E-state index contributed by atoms with van der Waals surface area (Å²) in [6.45, 7) is 3.25. The van der Waals surface area contributed by atoms with Gasteiger partial charge in [0.05, 0.1) is 13.2 Å². The number of carboxylic acid groups (broad SMARTS) is 1. The zero-order chi connectivity index (χ0) is 11.8. The molecule has 0 rings (SSSR count). The van der Waals surface area contributed by atoms with Crippen LogP contribution in [0.3, 0.4) is 0 Å². The SMILES string of the molecule is CCOC(=O)C(CC(=O)[O-])C(=O)OCC. The summed E-state index contributed by atoms with van der Waals surface area (Å²) in [7, 11) is 0. The van der Waals surface area contributed by atoms with Crippen LogP contribution in [0.2, 0.25) is 0 Å². The number of carboxylic acids is 1. The predicted octanol–water partition coefficient (Wildman–Crippen LogP) is -1.13. The lowest BCUT2D eigenvalue weighted by Crippen LogP contribution is -2.35. The molecule has 0 N–H and O–H groups in total. The van der Waals surface area contributed by atoms with E-state index in [4.69, 9.17) is 0 Å². The molecular formula is C9H13O6-. The van der Waals surface area contributed by atoms with Gasteiger partial charge in [0.15, 0.2) is 5.92 Å². The Morgan fingerprint density at radius 1 is 1.07 bits per heavy atom. The first kappa shape index (κ1) is 13.4. The van der Waals surface area contributed by atoms with Gasteiger partial charge in [-0.3, -0.25) is 9.59 Å². The van der Waals surface area contributed by atoms with Gasteiger partial charge >= 0.3 is 11.9 Å². The summed E-state index contributed by atoms with van der Waals surface area (Å²) >= 11 is 0. The van der Waals surface area contributed by atoms with Crippen LogP contribution in [0, 0.1) is 5.92 Å². The lowest BCUT2D eigenvalue weighted by molar-refractivity contribution is -0.306. The molecule has 0 aromatic carbocycles.